The van der Waals surface area contributed by atoms with Crippen LogP contribution in [0.5, 0.6) is 5.75 Å². The summed E-state index contributed by atoms with van der Waals surface area (Å²) >= 11 is 12.1. The van der Waals surface area contributed by atoms with E-state index >= 15 is 0 Å². The van der Waals surface area contributed by atoms with Gasteiger partial charge in [-0.05, 0) is 30.8 Å². The Morgan fingerprint density at radius 1 is 1.00 bits per heavy atom. The number of carbonyl (C=O) groups excluding carboxylic acids is 2. The average Bonchev–Trinajstić information content (AvgIpc) is 2.64. The van der Waals surface area contributed by atoms with Crippen molar-refractivity contribution in [2.24, 2.45) is 0 Å². The van der Waals surface area contributed by atoms with E-state index in [0.29, 0.717) is 33.7 Å². The number of ether oxygens (including phenoxy) is 1. The third-order valence-electron chi connectivity index (χ3n) is 3.76. The number of hydrogen-bond donors (Lipinski definition) is 2. The number of nitrogens with one attached hydrogen (secondary N) is 2. The molecule has 0 aromatic heterocycles. The van der Waals surface area contributed by atoms with Gasteiger partial charge in [-0.1, -0.05) is 42.3 Å². The topological polar surface area (TPSA) is 70.7 Å². The van der Waals surface area contributed by atoms with Crippen molar-refractivity contribution in [1.82, 2.24) is 4.90 Å². The molecule has 2 aromatic rings. The van der Waals surface area contributed by atoms with Gasteiger partial charge in [-0.3, -0.25) is 14.5 Å². The SMILES string of the molecule is CCN(CC(=O)Nc1cccc(OC)c1)CC(=O)Nc1c(Cl)cccc1Cl. The molecular weight excluding hydrogens is 389 g/mol. The third-order valence-corrected chi connectivity index (χ3v) is 4.39. The second-order valence-corrected chi connectivity index (χ2v) is 6.54. The first kappa shape index (κ1) is 21.0. The number of halogens is 2. The quantitative estimate of drug-likeness (QED) is 0.693. The number of likely N-dealkylation sites (N-methyl/N-ethyl adjacent to an activating group) is 1. The smallest absolute Gasteiger partial charge is 0.238 e. The van der Waals surface area contributed by atoms with Crippen LogP contribution in [0.2, 0.25) is 10.0 Å². The van der Waals surface area contributed by atoms with Gasteiger partial charge in [-0.2, -0.15) is 0 Å². The van der Waals surface area contributed by atoms with Crippen LogP contribution < -0.4 is 15.4 Å². The Morgan fingerprint density at radius 2 is 1.59 bits per heavy atom. The number of carbonyl (C=O) groups is 2. The van der Waals surface area contributed by atoms with Crippen molar-refractivity contribution >= 4 is 46.4 Å². The van der Waals surface area contributed by atoms with Crippen LogP contribution in [0.1, 0.15) is 6.92 Å². The molecule has 0 aliphatic heterocycles. The van der Waals surface area contributed by atoms with E-state index in [1.807, 2.05) is 6.92 Å². The summed E-state index contributed by atoms with van der Waals surface area (Å²) in [6.07, 6.45) is 0. The summed E-state index contributed by atoms with van der Waals surface area (Å²) in [6, 6.07) is 12.0. The first-order valence-electron chi connectivity index (χ1n) is 8.33. The Bertz CT molecular complexity index is 794. The molecule has 0 radical (unpaired) electrons. The van der Waals surface area contributed by atoms with Crippen LogP contribution in [-0.4, -0.2) is 43.5 Å². The van der Waals surface area contributed by atoms with Crippen molar-refractivity contribution in [2.45, 2.75) is 6.92 Å². The molecule has 0 spiro atoms. The normalized spacial score (nSPS) is 10.6. The van der Waals surface area contributed by atoms with E-state index in [-0.39, 0.29) is 24.9 Å². The monoisotopic (exact) mass is 409 g/mol. The fourth-order valence-corrected chi connectivity index (χ4v) is 2.88. The first-order valence-corrected chi connectivity index (χ1v) is 9.08. The first-order chi connectivity index (χ1) is 12.9. The van der Waals surface area contributed by atoms with Gasteiger partial charge in [-0.25, -0.2) is 0 Å². The molecule has 0 saturated heterocycles. The molecule has 6 nitrogen and oxygen atoms in total. The summed E-state index contributed by atoms with van der Waals surface area (Å²) in [7, 11) is 1.56. The van der Waals surface area contributed by atoms with Crippen molar-refractivity contribution < 1.29 is 14.3 Å². The number of amides is 2. The van der Waals surface area contributed by atoms with Crippen molar-refractivity contribution in [3.63, 3.8) is 0 Å². The summed E-state index contributed by atoms with van der Waals surface area (Å²) in [6.45, 7) is 2.49. The van der Waals surface area contributed by atoms with Crippen LogP contribution in [0.15, 0.2) is 42.5 Å². The van der Waals surface area contributed by atoms with Crippen LogP contribution in [0, 0.1) is 0 Å². The molecule has 0 bridgehead atoms. The molecule has 0 unspecified atom stereocenters. The van der Waals surface area contributed by atoms with Crippen molar-refractivity contribution in [2.75, 3.05) is 37.4 Å². The van der Waals surface area contributed by atoms with Crippen LogP contribution in [-0.2, 0) is 9.59 Å². The Kier molecular flexibility index (Phi) is 7.91. The van der Waals surface area contributed by atoms with E-state index in [9.17, 15) is 9.59 Å². The molecule has 0 aliphatic carbocycles. The lowest BCUT2D eigenvalue weighted by atomic mass is 10.3. The maximum Gasteiger partial charge on any atom is 0.238 e. The van der Waals surface area contributed by atoms with Gasteiger partial charge in [0.2, 0.25) is 11.8 Å². The van der Waals surface area contributed by atoms with Crippen LogP contribution in [0.4, 0.5) is 11.4 Å². The van der Waals surface area contributed by atoms with E-state index in [2.05, 4.69) is 10.6 Å². The number of methoxy groups -OCH3 is 1. The lowest BCUT2D eigenvalue weighted by molar-refractivity contribution is -0.119. The van der Waals surface area contributed by atoms with Crippen molar-refractivity contribution in [3.05, 3.63) is 52.5 Å². The van der Waals surface area contributed by atoms with Gasteiger partial charge >= 0.3 is 0 Å². The predicted molar refractivity (Wildman–Crippen MR) is 109 cm³/mol. The lowest BCUT2D eigenvalue weighted by Gasteiger charge is -2.20. The molecule has 2 rings (SSSR count). The van der Waals surface area contributed by atoms with Gasteiger partial charge in [0, 0.05) is 11.8 Å². The highest BCUT2D eigenvalue weighted by Gasteiger charge is 2.15. The Labute approximate surface area is 168 Å². The van der Waals surface area contributed by atoms with Crippen LogP contribution >= 0.6 is 23.2 Å². The summed E-state index contributed by atoms with van der Waals surface area (Å²) < 4.78 is 5.13. The Morgan fingerprint density at radius 3 is 2.19 bits per heavy atom. The van der Waals surface area contributed by atoms with E-state index in [1.54, 1.807) is 54.5 Å². The van der Waals surface area contributed by atoms with E-state index in [4.69, 9.17) is 27.9 Å². The standard InChI is InChI=1S/C19H21Cl2N3O3/c1-3-24(11-17(25)22-13-6-4-7-14(10-13)27-2)12-18(26)23-19-15(20)8-5-9-16(19)21/h4-10H,3,11-12H2,1-2H3,(H,22,25)(H,23,26). The molecule has 2 amide bonds. The Hall–Kier alpha value is -2.28. The minimum Gasteiger partial charge on any atom is -0.497 e. The molecule has 0 heterocycles. The summed E-state index contributed by atoms with van der Waals surface area (Å²) in [5, 5.41) is 6.19. The molecule has 144 valence electrons. The molecule has 0 aliphatic rings. The zero-order chi connectivity index (χ0) is 19.8. The number of benzene rings is 2. The molecule has 2 N–H and O–H groups in total. The van der Waals surface area contributed by atoms with Gasteiger partial charge in [-0.15, -0.1) is 0 Å². The third kappa shape index (κ3) is 6.43. The summed E-state index contributed by atoms with van der Waals surface area (Å²) in [5.74, 6) is 0.117. The molecule has 0 saturated carbocycles. The molecule has 8 heteroatoms. The maximum absolute atomic E-state index is 12.3. The van der Waals surface area contributed by atoms with Gasteiger partial charge in [0.25, 0.3) is 0 Å². The maximum atomic E-state index is 12.3. The van der Waals surface area contributed by atoms with E-state index in [0.717, 1.165) is 0 Å². The van der Waals surface area contributed by atoms with Gasteiger partial charge < -0.3 is 15.4 Å². The van der Waals surface area contributed by atoms with Crippen molar-refractivity contribution in [3.8, 4) is 5.75 Å². The van der Waals surface area contributed by atoms with Crippen LogP contribution in [0.3, 0.4) is 0 Å². The summed E-state index contributed by atoms with van der Waals surface area (Å²) in [5.41, 5.74) is 0.991. The van der Waals surface area contributed by atoms with Gasteiger partial charge in [0.05, 0.1) is 35.9 Å². The fourth-order valence-electron chi connectivity index (χ4n) is 2.38. The number of nitrogens with zero attached hydrogens (tertiary/aromatic N) is 1. The van der Waals surface area contributed by atoms with E-state index in [1.165, 1.54) is 0 Å². The number of para-hydroxylation sites is 1. The van der Waals surface area contributed by atoms with Gasteiger partial charge in [0.15, 0.2) is 0 Å². The minimum atomic E-state index is -0.305. The lowest BCUT2D eigenvalue weighted by Crippen LogP contribution is -2.38. The molecule has 0 atom stereocenters. The molecule has 27 heavy (non-hydrogen) atoms. The zero-order valence-corrected chi connectivity index (χ0v) is 16.6. The molecule has 0 fully saturated rings. The average molecular weight is 410 g/mol. The highest BCUT2D eigenvalue weighted by atomic mass is 35.5. The second-order valence-electron chi connectivity index (χ2n) is 5.73. The van der Waals surface area contributed by atoms with E-state index < -0.39 is 0 Å². The second kappa shape index (κ2) is 10.2. The number of anilines is 2. The number of rotatable bonds is 8. The Balaban J connectivity index is 1.92. The molecular formula is C19H21Cl2N3O3. The van der Waals surface area contributed by atoms with Crippen molar-refractivity contribution in [1.29, 1.82) is 0 Å². The fraction of sp³-hybridized carbons (Fsp3) is 0.263. The largest absolute Gasteiger partial charge is 0.497 e. The highest BCUT2D eigenvalue weighted by molar-refractivity contribution is 6.39. The predicted octanol–water partition coefficient (Wildman–Crippen LogP) is 3.90. The number of hydrogen-bond acceptors (Lipinski definition) is 4. The summed E-state index contributed by atoms with van der Waals surface area (Å²) in [4.78, 5) is 26.3. The highest BCUT2D eigenvalue weighted by Crippen LogP contribution is 2.29. The molecule has 2 aromatic carbocycles. The van der Waals surface area contributed by atoms with Crippen LogP contribution in [0.25, 0.3) is 0 Å². The minimum absolute atomic E-state index is 0.0313. The zero-order valence-electron chi connectivity index (χ0n) is 15.1. The van der Waals surface area contributed by atoms with Gasteiger partial charge in [0.1, 0.15) is 5.75 Å².